The Bertz CT molecular complexity index is 278. The van der Waals surface area contributed by atoms with Gasteiger partial charge in [-0.15, -0.1) is 0 Å². The van der Waals surface area contributed by atoms with E-state index in [2.05, 4.69) is 17.9 Å². The van der Waals surface area contributed by atoms with Crippen LogP contribution in [0.15, 0.2) is 23.8 Å². The van der Waals surface area contributed by atoms with E-state index in [0.29, 0.717) is 0 Å². The molecular formula is C9H7N. The highest BCUT2D eigenvalue weighted by Crippen LogP contribution is 2.03. The van der Waals surface area contributed by atoms with Crippen molar-refractivity contribution in [3.63, 3.8) is 0 Å². The molecular weight excluding hydrogens is 122 g/mol. The summed E-state index contributed by atoms with van der Waals surface area (Å²) in [5.41, 5.74) is 1.10. The number of allylic oxidation sites excluding steroid dienone is 4. The second kappa shape index (κ2) is 2.90. The van der Waals surface area contributed by atoms with E-state index in [4.69, 9.17) is 5.26 Å². The fourth-order valence-corrected chi connectivity index (χ4v) is 0.665. The molecule has 1 aliphatic rings. The van der Waals surface area contributed by atoms with Gasteiger partial charge in [0.15, 0.2) is 0 Å². The first-order valence-electron chi connectivity index (χ1n) is 3.08. The molecule has 1 nitrogen and oxygen atoms in total. The molecule has 48 valence electrons. The van der Waals surface area contributed by atoms with E-state index in [-0.39, 0.29) is 5.92 Å². The Kier molecular flexibility index (Phi) is 1.92. The summed E-state index contributed by atoms with van der Waals surface area (Å²) in [6.45, 7) is 1.96. The minimum Gasteiger partial charge on any atom is -0.197 e. The van der Waals surface area contributed by atoms with Gasteiger partial charge in [-0.2, -0.15) is 5.26 Å². The lowest BCUT2D eigenvalue weighted by atomic mass is 10.1. The number of nitriles is 1. The third-order valence-corrected chi connectivity index (χ3v) is 1.23. The van der Waals surface area contributed by atoms with Crippen LogP contribution in [0.3, 0.4) is 0 Å². The van der Waals surface area contributed by atoms with Gasteiger partial charge >= 0.3 is 0 Å². The van der Waals surface area contributed by atoms with Gasteiger partial charge < -0.3 is 0 Å². The smallest absolute Gasteiger partial charge is 0.126 e. The van der Waals surface area contributed by atoms with Crippen molar-refractivity contribution in [2.75, 3.05) is 0 Å². The molecule has 1 atom stereocenters. The summed E-state index contributed by atoms with van der Waals surface area (Å²) in [4.78, 5) is 0. The van der Waals surface area contributed by atoms with Crippen LogP contribution < -0.4 is 0 Å². The lowest BCUT2D eigenvalue weighted by Crippen LogP contribution is -1.83. The van der Waals surface area contributed by atoms with E-state index >= 15 is 0 Å². The van der Waals surface area contributed by atoms with Crippen LogP contribution in [0.5, 0.6) is 0 Å². The van der Waals surface area contributed by atoms with Crippen LogP contribution in [0.1, 0.15) is 6.92 Å². The zero-order chi connectivity index (χ0) is 7.40. The molecule has 0 saturated carbocycles. The molecule has 0 bridgehead atoms. The van der Waals surface area contributed by atoms with Crippen molar-refractivity contribution in [3.8, 4) is 17.9 Å². The molecule has 0 saturated heterocycles. The van der Waals surface area contributed by atoms with Crippen molar-refractivity contribution in [3.05, 3.63) is 23.8 Å². The molecule has 1 unspecified atom stereocenters. The van der Waals surface area contributed by atoms with Crippen LogP contribution in [0.2, 0.25) is 0 Å². The molecule has 0 aromatic carbocycles. The number of hydrogen-bond donors (Lipinski definition) is 0. The van der Waals surface area contributed by atoms with E-state index in [0.717, 1.165) is 5.57 Å². The topological polar surface area (TPSA) is 23.8 Å². The van der Waals surface area contributed by atoms with Crippen LogP contribution in [0.4, 0.5) is 0 Å². The largest absolute Gasteiger partial charge is 0.197 e. The van der Waals surface area contributed by atoms with E-state index in [1.54, 1.807) is 0 Å². The van der Waals surface area contributed by atoms with E-state index < -0.39 is 0 Å². The van der Waals surface area contributed by atoms with Crippen molar-refractivity contribution in [2.24, 2.45) is 5.92 Å². The molecule has 0 radical (unpaired) electrons. The van der Waals surface area contributed by atoms with E-state index in [1.807, 2.05) is 25.2 Å². The molecule has 1 heteroatoms. The zero-order valence-electron chi connectivity index (χ0n) is 5.76. The van der Waals surface area contributed by atoms with Gasteiger partial charge in [-0.1, -0.05) is 24.0 Å². The van der Waals surface area contributed by atoms with Gasteiger partial charge in [0.2, 0.25) is 0 Å². The van der Waals surface area contributed by atoms with Crippen molar-refractivity contribution in [1.82, 2.24) is 0 Å². The molecule has 0 aromatic heterocycles. The van der Waals surface area contributed by atoms with Gasteiger partial charge in [0.1, 0.15) is 5.92 Å². The summed E-state index contributed by atoms with van der Waals surface area (Å²) in [7, 11) is 0. The van der Waals surface area contributed by atoms with Gasteiger partial charge in [-0.05, 0) is 18.6 Å². The SMILES string of the molecule is CC1=CC#CC(C#N)C=C1. The highest BCUT2D eigenvalue weighted by molar-refractivity contribution is 5.35. The van der Waals surface area contributed by atoms with Crippen LogP contribution >= 0.6 is 0 Å². The highest BCUT2D eigenvalue weighted by Gasteiger charge is 1.96. The maximum atomic E-state index is 8.48. The Morgan fingerprint density at radius 3 is 3.20 bits per heavy atom. The Balaban J connectivity index is 2.86. The van der Waals surface area contributed by atoms with Crippen LogP contribution in [-0.2, 0) is 0 Å². The molecule has 0 N–H and O–H groups in total. The average Bonchev–Trinajstić information content (AvgIpc) is 2.14. The number of rotatable bonds is 0. The second-order valence-electron chi connectivity index (χ2n) is 2.14. The Hall–Kier alpha value is -1.47. The quantitative estimate of drug-likeness (QED) is 0.456. The number of nitrogens with zero attached hydrogens (tertiary/aromatic N) is 1. The fourth-order valence-electron chi connectivity index (χ4n) is 0.665. The lowest BCUT2D eigenvalue weighted by molar-refractivity contribution is 1.13. The third-order valence-electron chi connectivity index (χ3n) is 1.23. The Labute approximate surface area is 60.7 Å². The van der Waals surface area contributed by atoms with Gasteiger partial charge in [0.25, 0.3) is 0 Å². The zero-order valence-corrected chi connectivity index (χ0v) is 5.76. The Morgan fingerprint density at radius 1 is 1.70 bits per heavy atom. The first-order valence-corrected chi connectivity index (χ1v) is 3.08. The molecule has 1 rings (SSSR count). The third kappa shape index (κ3) is 1.50. The van der Waals surface area contributed by atoms with Crippen LogP contribution in [0, 0.1) is 29.1 Å². The molecule has 1 aliphatic carbocycles. The van der Waals surface area contributed by atoms with Crippen molar-refractivity contribution < 1.29 is 0 Å². The van der Waals surface area contributed by atoms with Gasteiger partial charge in [0.05, 0.1) is 6.07 Å². The van der Waals surface area contributed by atoms with Crippen molar-refractivity contribution in [1.29, 1.82) is 5.26 Å². The van der Waals surface area contributed by atoms with Crippen molar-refractivity contribution >= 4 is 0 Å². The molecule has 10 heavy (non-hydrogen) atoms. The molecule has 0 fully saturated rings. The van der Waals surface area contributed by atoms with E-state index in [1.165, 1.54) is 0 Å². The molecule has 0 heterocycles. The minimum absolute atomic E-state index is 0.228. The maximum Gasteiger partial charge on any atom is 0.126 e. The first-order chi connectivity index (χ1) is 4.83. The van der Waals surface area contributed by atoms with Gasteiger partial charge in [-0.25, -0.2) is 0 Å². The maximum absolute atomic E-state index is 8.48. The lowest BCUT2D eigenvalue weighted by Gasteiger charge is -1.86. The van der Waals surface area contributed by atoms with Gasteiger partial charge in [-0.3, -0.25) is 0 Å². The summed E-state index contributed by atoms with van der Waals surface area (Å²) in [6, 6.07) is 2.07. The number of hydrogen-bond acceptors (Lipinski definition) is 1. The standard InChI is InChI=1S/C9H7N/c1-8-3-2-4-9(7-10)6-5-8/h3,5-6,9H,1H3. The summed E-state index contributed by atoms with van der Waals surface area (Å²) < 4.78 is 0. The average molecular weight is 129 g/mol. The van der Waals surface area contributed by atoms with Crippen LogP contribution in [0.25, 0.3) is 0 Å². The molecule has 0 aromatic rings. The molecule has 0 spiro atoms. The molecule has 0 amide bonds. The predicted molar refractivity (Wildman–Crippen MR) is 39.8 cm³/mol. The van der Waals surface area contributed by atoms with E-state index in [9.17, 15) is 0 Å². The first kappa shape index (κ1) is 6.65. The predicted octanol–water partition coefficient (Wildman–Crippen LogP) is 1.65. The fraction of sp³-hybridized carbons (Fsp3) is 0.222. The van der Waals surface area contributed by atoms with Crippen molar-refractivity contribution in [2.45, 2.75) is 6.92 Å². The summed E-state index contributed by atoms with van der Waals surface area (Å²) in [6.07, 6.45) is 5.53. The second-order valence-corrected chi connectivity index (χ2v) is 2.14. The highest BCUT2D eigenvalue weighted by atomic mass is 14.2. The van der Waals surface area contributed by atoms with Crippen LogP contribution in [-0.4, -0.2) is 0 Å². The normalized spacial score (nSPS) is 21.6. The monoisotopic (exact) mass is 129 g/mol. The summed E-state index contributed by atoms with van der Waals surface area (Å²) in [5.74, 6) is 5.36. The minimum atomic E-state index is -0.228. The Morgan fingerprint density at radius 2 is 2.50 bits per heavy atom. The summed E-state index contributed by atoms with van der Waals surface area (Å²) in [5, 5.41) is 8.48. The molecule has 0 aliphatic heterocycles. The summed E-state index contributed by atoms with van der Waals surface area (Å²) >= 11 is 0. The van der Waals surface area contributed by atoms with Gasteiger partial charge in [0, 0.05) is 0 Å².